The Kier molecular flexibility index (Phi) is 3.26. The van der Waals surface area contributed by atoms with Crippen LogP contribution in [0.2, 0.25) is 0 Å². The van der Waals surface area contributed by atoms with Crippen molar-refractivity contribution in [2.75, 3.05) is 6.61 Å². The average Bonchev–Trinajstić information content (AvgIpc) is 3.15. The second kappa shape index (κ2) is 5.00. The molecule has 5 rings (SSSR count). The molecule has 0 bridgehead atoms. The van der Waals surface area contributed by atoms with Crippen LogP contribution >= 0.6 is 0 Å². The van der Waals surface area contributed by atoms with Gasteiger partial charge in [-0.25, -0.2) is 0 Å². The molecule has 0 N–H and O–H groups in total. The molecular formula is C23H34O. The van der Waals surface area contributed by atoms with Crippen LogP contribution in [0.4, 0.5) is 0 Å². The van der Waals surface area contributed by atoms with E-state index < -0.39 is 0 Å². The monoisotopic (exact) mass is 326 g/mol. The van der Waals surface area contributed by atoms with Crippen LogP contribution < -0.4 is 0 Å². The molecule has 5 aliphatic rings. The summed E-state index contributed by atoms with van der Waals surface area (Å²) >= 11 is 0. The maximum Gasteiger partial charge on any atom is 0.0739 e. The van der Waals surface area contributed by atoms with Crippen molar-refractivity contribution < 1.29 is 4.74 Å². The predicted octanol–water partition coefficient (Wildman–Crippen LogP) is 5.91. The van der Waals surface area contributed by atoms with E-state index in [0.29, 0.717) is 10.8 Å². The molecule has 2 saturated carbocycles. The van der Waals surface area contributed by atoms with Crippen molar-refractivity contribution in [1.29, 1.82) is 0 Å². The minimum absolute atomic E-state index is 0.241. The van der Waals surface area contributed by atoms with Crippen LogP contribution in [0.5, 0.6) is 0 Å². The lowest BCUT2D eigenvalue weighted by molar-refractivity contribution is -0.127. The van der Waals surface area contributed by atoms with Gasteiger partial charge >= 0.3 is 0 Å². The van der Waals surface area contributed by atoms with Gasteiger partial charge in [0.25, 0.3) is 0 Å². The molecule has 1 heterocycles. The van der Waals surface area contributed by atoms with Gasteiger partial charge in [-0.05, 0) is 80.5 Å². The van der Waals surface area contributed by atoms with E-state index in [1.165, 1.54) is 51.4 Å². The lowest BCUT2D eigenvalue weighted by Gasteiger charge is -2.58. The Morgan fingerprint density at radius 1 is 1.08 bits per heavy atom. The molecule has 132 valence electrons. The quantitative estimate of drug-likeness (QED) is 0.503. The second-order valence-electron chi connectivity index (χ2n) is 10.1. The summed E-state index contributed by atoms with van der Waals surface area (Å²) in [5, 5.41) is 0. The van der Waals surface area contributed by atoms with Crippen LogP contribution in [0.1, 0.15) is 72.1 Å². The van der Waals surface area contributed by atoms with Crippen LogP contribution in [0.25, 0.3) is 0 Å². The smallest absolute Gasteiger partial charge is 0.0739 e. The van der Waals surface area contributed by atoms with Crippen LogP contribution in [0, 0.1) is 34.5 Å². The Morgan fingerprint density at radius 3 is 2.71 bits per heavy atom. The third kappa shape index (κ3) is 1.81. The lowest BCUT2D eigenvalue weighted by atomic mass is 9.47. The van der Waals surface area contributed by atoms with Crippen molar-refractivity contribution in [2.45, 2.75) is 77.7 Å². The molecule has 1 saturated heterocycles. The Bertz CT molecular complexity index is 595. The van der Waals surface area contributed by atoms with Gasteiger partial charge in [-0.2, -0.15) is 0 Å². The van der Waals surface area contributed by atoms with Gasteiger partial charge in [0.15, 0.2) is 0 Å². The minimum Gasteiger partial charge on any atom is -0.374 e. The summed E-state index contributed by atoms with van der Waals surface area (Å²) in [5.41, 5.74) is 2.79. The van der Waals surface area contributed by atoms with Gasteiger partial charge in [0.1, 0.15) is 0 Å². The van der Waals surface area contributed by atoms with Crippen molar-refractivity contribution in [3.05, 3.63) is 23.8 Å². The van der Waals surface area contributed by atoms with Crippen molar-refractivity contribution >= 4 is 0 Å². The fourth-order valence-electron chi connectivity index (χ4n) is 7.85. The number of rotatable bonds is 0. The molecule has 0 aromatic carbocycles. The van der Waals surface area contributed by atoms with E-state index in [1.807, 2.05) is 0 Å². The standard InChI is InChI=1S/C23H34O/c1-16-7-11-21(2)17(15-16)5-6-18-19(21)8-12-22(3)20(18)9-13-23(22)10-4-14-24-23/h5,7,11,16,18-20H,4,6,8-10,12-15H2,1-3H3. The first-order valence-corrected chi connectivity index (χ1v) is 10.5. The highest BCUT2D eigenvalue weighted by molar-refractivity contribution is 5.32. The number of hydrogen-bond donors (Lipinski definition) is 0. The zero-order chi connectivity index (χ0) is 16.6. The van der Waals surface area contributed by atoms with Crippen LogP contribution in [0.15, 0.2) is 23.8 Å². The highest BCUT2D eigenvalue weighted by atomic mass is 16.5. The lowest BCUT2D eigenvalue weighted by Crippen LogP contribution is -2.53. The molecule has 24 heavy (non-hydrogen) atoms. The van der Waals surface area contributed by atoms with E-state index in [2.05, 4.69) is 39.0 Å². The highest BCUT2D eigenvalue weighted by Crippen LogP contribution is 2.68. The SMILES string of the molecule is CC1C=CC2(C)C(=CCC3C2CCC2(C)C3CCC23CCCO3)C1. The summed E-state index contributed by atoms with van der Waals surface area (Å²) in [6.45, 7) is 8.54. The van der Waals surface area contributed by atoms with Gasteiger partial charge in [-0.1, -0.05) is 44.6 Å². The molecule has 1 spiro atoms. The molecule has 1 aliphatic heterocycles. The molecule has 4 aliphatic carbocycles. The van der Waals surface area contributed by atoms with E-state index in [4.69, 9.17) is 4.74 Å². The molecule has 0 amide bonds. The van der Waals surface area contributed by atoms with Gasteiger partial charge in [0.2, 0.25) is 0 Å². The highest BCUT2D eigenvalue weighted by Gasteiger charge is 2.64. The predicted molar refractivity (Wildman–Crippen MR) is 98.7 cm³/mol. The van der Waals surface area contributed by atoms with E-state index in [-0.39, 0.29) is 5.60 Å². The molecule has 0 radical (unpaired) electrons. The van der Waals surface area contributed by atoms with Crippen LogP contribution in [-0.2, 0) is 4.74 Å². The topological polar surface area (TPSA) is 9.23 Å². The molecule has 1 nitrogen and oxygen atoms in total. The summed E-state index contributed by atoms with van der Waals surface area (Å²) in [6, 6.07) is 0. The fraction of sp³-hybridized carbons (Fsp3) is 0.826. The molecule has 0 aromatic rings. The van der Waals surface area contributed by atoms with E-state index in [9.17, 15) is 0 Å². The van der Waals surface area contributed by atoms with Crippen molar-refractivity contribution in [3.8, 4) is 0 Å². The molecule has 7 unspecified atom stereocenters. The van der Waals surface area contributed by atoms with Crippen molar-refractivity contribution in [2.24, 2.45) is 34.5 Å². The Labute approximate surface area is 147 Å². The Balaban J connectivity index is 1.51. The molecule has 7 atom stereocenters. The Hall–Kier alpha value is -0.560. The van der Waals surface area contributed by atoms with Crippen molar-refractivity contribution in [1.82, 2.24) is 0 Å². The first kappa shape index (κ1) is 15.7. The summed E-state index contributed by atoms with van der Waals surface area (Å²) in [5.74, 6) is 3.38. The number of allylic oxidation sites excluding steroid dienone is 4. The largest absolute Gasteiger partial charge is 0.374 e. The summed E-state index contributed by atoms with van der Waals surface area (Å²) in [4.78, 5) is 0. The van der Waals surface area contributed by atoms with Gasteiger partial charge in [-0.15, -0.1) is 0 Å². The molecule has 3 fully saturated rings. The molecular weight excluding hydrogens is 292 g/mol. The maximum atomic E-state index is 6.47. The third-order valence-corrected chi connectivity index (χ3v) is 9.24. The molecule has 0 aromatic heterocycles. The van der Waals surface area contributed by atoms with Gasteiger partial charge < -0.3 is 4.74 Å². The maximum absolute atomic E-state index is 6.47. The van der Waals surface area contributed by atoms with E-state index >= 15 is 0 Å². The zero-order valence-corrected chi connectivity index (χ0v) is 15.8. The summed E-state index contributed by atoms with van der Waals surface area (Å²) in [6.07, 6.45) is 18.6. The van der Waals surface area contributed by atoms with Crippen LogP contribution in [0.3, 0.4) is 0 Å². The normalized spacial score (nSPS) is 55.9. The van der Waals surface area contributed by atoms with Gasteiger partial charge in [0, 0.05) is 12.0 Å². The van der Waals surface area contributed by atoms with Gasteiger partial charge in [-0.3, -0.25) is 0 Å². The minimum atomic E-state index is 0.241. The van der Waals surface area contributed by atoms with Gasteiger partial charge in [0.05, 0.1) is 5.60 Å². The molecule has 1 heteroatoms. The van der Waals surface area contributed by atoms with E-state index in [1.54, 1.807) is 5.57 Å². The zero-order valence-electron chi connectivity index (χ0n) is 15.8. The third-order valence-electron chi connectivity index (χ3n) is 9.24. The number of fused-ring (bicyclic) bond motifs is 6. The number of hydrogen-bond acceptors (Lipinski definition) is 1. The first-order valence-electron chi connectivity index (χ1n) is 10.5. The summed E-state index contributed by atoms with van der Waals surface area (Å²) < 4.78 is 6.47. The Morgan fingerprint density at radius 2 is 1.92 bits per heavy atom. The average molecular weight is 327 g/mol. The van der Waals surface area contributed by atoms with Crippen molar-refractivity contribution in [3.63, 3.8) is 0 Å². The van der Waals surface area contributed by atoms with Crippen LogP contribution in [-0.4, -0.2) is 12.2 Å². The summed E-state index contributed by atoms with van der Waals surface area (Å²) in [7, 11) is 0. The fourth-order valence-corrected chi connectivity index (χ4v) is 7.85. The van der Waals surface area contributed by atoms with E-state index in [0.717, 1.165) is 30.3 Å². The second-order valence-corrected chi connectivity index (χ2v) is 10.1. The number of ether oxygens (including phenoxy) is 1. The first-order chi connectivity index (χ1) is 11.5.